The molecule has 0 radical (unpaired) electrons. The number of alkyl halides is 2. The summed E-state index contributed by atoms with van der Waals surface area (Å²) in [6.07, 6.45) is 1.23. The molecule has 7 heavy (non-hydrogen) atoms. The maximum atomic E-state index is 12.5. The highest BCUT2D eigenvalue weighted by Gasteiger charge is 2.18. The molecule has 0 aliphatic rings. The average molecular weight is 216 g/mol. The van der Waals surface area contributed by atoms with Crippen LogP contribution in [0.3, 0.4) is 0 Å². The standard InChI is InChI=1S/C5H10FI/c1-3-5(6,7)4-2/h3-4H2,1-2H3. The molecule has 0 unspecified atom stereocenters. The molecule has 0 spiro atoms. The molecule has 0 N–H and O–H groups in total. The van der Waals surface area contributed by atoms with Gasteiger partial charge in [-0.05, 0) is 35.4 Å². The Balaban J connectivity index is 3.36. The van der Waals surface area contributed by atoms with Gasteiger partial charge >= 0.3 is 0 Å². The van der Waals surface area contributed by atoms with Crippen LogP contribution in [0.1, 0.15) is 26.7 Å². The maximum Gasteiger partial charge on any atom is 0.160 e. The van der Waals surface area contributed by atoms with Crippen molar-refractivity contribution in [1.82, 2.24) is 0 Å². The molecule has 0 aromatic rings. The van der Waals surface area contributed by atoms with E-state index in [1.54, 1.807) is 0 Å². The van der Waals surface area contributed by atoms with E-state index in [4.69, 9.17) is 0 Å². The third-order valence-corrected chi connectivity index (χ3v) is 2.56. The van der Waals surface area contributed by atoms with E-state index < -0.39 is 3.68 Å². The Hall–Kier alpha value is 0.660. The van der Waals surface area contributed by atoms with Crippen molar-refractivity contribution < 1.29 is 4.39 Å². The van der Waals surface area contributed by atoms with Crippen LogP contribution >= 0.6 is 22.6 Å². The smallest absolute Gasteiger partial charge is 0.160 e. The summed E-state index contributed by atoms with van der Waals surface area (Å²) in [4.78, 5) is 0. The van der Waals surface area contributed by atoms with Gasteiger partial charge in [-0.1, -0.05) is 13.8 Å². The molecule has 0 heterocycles. The summed E-state index contributed by atoms with van der Waals surface area (Å²) >= 11 is 1.84. The SMILES string of the molecule is CCC(F)(I)CC. The Labute approximate surface area is 57.6 Å². The Bertz CT molecular complexity index is 46.0. The maximum absolute atomic E-state index is 12.5. The van der Waals surface area contributed by atoms with E-state index in [-0.39, 0.29) is 0 Å². The largest absolute Gasteiger partial charge is 0.232 e. The molecule has 0 aliphatic heterocycles. The summed E-state index contributed by atoms with van der Waals surface area (Å²) in [5.41, 5.74) is 0. The molecule has 0 aromatic carbocycles. The summed E-state index contributed by atoms with van der Waals surface area (Å²) in [5, 5.41) is 0. The minimum Gasteiger partial charge on any atom is -0.232 e. The zero-order valence-electron chi connectivity index (χ0n) is 4.67. The molecule has 0 saturated carbocycles. The molecule has 44 valence electrons. The third kappa shape index (κ3) is 3.26. The predicted molar refractivity (Wildman–Crippen MR) is 38.4 cm³/mol. The fraction of sp³-hybridized carbons (Fsp3) is 1.00. The van der Waals surface area contributed by atoms with Gasteiger partial charge < -0.3 is 0 Å². The molecule has 0 atom stereocenters. The van der Waals surface area contributed by atoms with E-state index in [1.807, 2.05) is 36.4 Å². The summed E-state index contributed by atoms with van der Waals surface area (Å²) in [6.45, 7) is 3.71. The Morgan fingerprint density at radius 1 is 1.43 bits per heavy atom. The molecule has 0 nitrogen and oxygen atoms in total. The Morgan fingerprint density at radius 3 is 1.71 bits per heavy atom. The lowest BCUT2D eigenvalue weighted by atomic mass is 10.2. The summed E-state index contributed by atoms with van der Waals surface area (Å²) in [5.74, 6) is 0. The first-order chi connectivity index (χ1) is 3.12. The van der Waals surface area contributed by atoms with Crippen LogP contribution in [0, 0.1) is 0 Å². The van der Waals surface area contributed by atoms with E-state index >= 15 is 0 Å². The average Bonchev–Trinajstić information content (AvgIpc) is 1.68. The summed E-state index contributed by atoms with van der Waals surface area (Å²) in [7, 11) is 0. The Kier molecular flexibility index (Phi) is 3.11. The summed E-state index contributed by atoms with van der Waals surface area (Å²) in [6, 6.07) is 0. The van der Waals surface area contributed by atoms with E-state index in [9.17, 15) is 4.39 Å². The number of hydrogen-bond acceptors (Lipinski definition) is 0. The normalized spacial score (nSPS) is 12.0. The van der Waals surface area contributed by atoms with Crippen molar-refractivity contribution in [2.75, 3.05) is 0 Å². The van der Waals surface area contributed by atoms with Crippen LogP contribution in [-0.4, -0.2) is 3.68 Å². The van der Waals surface area contributed by atoms with Crippen LogP contribution in [0.2, 0.25) is 0 Å². The van der Waals surface area contributed by atoms with E-state index in [2.05, 4.69) is 0 Å². The molecule has 0 bridgehead atoms. The van der Waals surface area contributed by atoms with Crippen LogP contribution in [-0.2, 0) is 0 Å². The second-order valence-corrected chi connectivity index (χ2v) is 3.50. The van der Waals surface area contributed by atoms with Crippen molar-refractivity contribution in [1.29, 1.82) is 0 Å². The van der Waals surface area contributed by atoms with Crippen molar-refractivity contribution in [2.24, 2.45) is 0 Å². The second-order valence-electron chi connectivity index (χ2n) is 1.56. The van der Waals surface area contributed by atoms with Gasteiger partial charge in [0, 0.05) is 0 Å². The molecular weight excluding hydrogens is 206 g/mol. The monoisotopic (exact) mass is 216 g/mol. The lowest BCUT2D eigenvalue weighted by Crippen LogP contribution is -2.07. The van der Waals surface area contributed by atoms with Crippen molar-refractivity contribution in [2.45, 2.75) is 30.4 Å². The topological polar surface area (TPSA) is 0 Å². The first-order valence-electron chi connectivity index (χ1n) is 2.50. The van der Waals surface area contributed by atoms with E-state index in [1.165, 1.54) is 0 Å². The van der Waals surface area contributed by atoms with Gasteiger partial charge in [-0.3, -0.25) is 0 Å². The quantitative estimate of drug-likeness (QED) is 0.491. The zero-order valence-corrected chi connectivity index (χ0v) is 6.83. The van der Waals surface area contributed by atoms with Crippen molar-refractivity contribution >= 4 is 22.6 Å². The van der Waals surface area contributed by atoms with Crippen LogP contribution in [0.4, 0.5) is 4.39 Å². The molecule has 0 fully saturated rings. The van der Waals surface area contributed by atoms with E-state index in [0.29, 0.717) is 12.8 Å². The highest BCUT2D eigenvalue weighted by atomic mass is 127. The van der Waals surface area contributed by atoms with Crippen LogP contribution in [0.5, 0.6) is 0 Å². The molecule has 0 saturated heterocycles. The lowest BCUT2D eigenvalue weighted by molar-refractivity contribution is 0.294. The van der Waals surface area contributed by atoms with Gasteiger partial charge in [0.25, 0.3) is 0 Å². The van der Waals surface area contributed by atoms with Gasteiger partial charge in [-0.15, -0.1) is 0 Å². The van der Waals surface area contributed by atoms with Crippen molar-refractivity contribution in [3.05, 3.63) is 0 Å². The van der Waals surface area contributed by atoms with E-state index in [0.717, 1.165) is 0 Å². The van der Waals surface area contributed by atoms with Crippen molar-refractivity contribution in [3.8, 4) is 0 Å². The van der Waals surface area contributed by atoms with Crippen molar-refractivity contribution in [3.63, 3.8) is 0 Å². The minimum absolute atomic E-state index is 0.615. The predicted octanol–water partition coefficient (Wildman–Crippen LogP) is 2.91. The fourth-order valence-corrected chi connectivity index (χ4v) is 0.250. The lowest BCUT2D eigenvalue weighted by Gasteiger charge is -2.10. The second kappa shape index (κ2) is 2.84. The fourth-order valence-electron chi connectivity index (χ4n) is 0.250. The molecule has 0 rings (SSSR count). The zero-order chi connectivity index (χ0) is 5.91. The third-order valence-electron chi connectivity index (χ3n) is 1.03. The van der Waals surface area contributed by atoms with Crippen LogP contribution in [0.25, 0.3) is 0 Å². The van der Waals surface area contributed by atoms with Crippen LogP contribution in [0.15, 0.2) is 0 Å². The Morgan fingerprint density at radius 2 is 1.71 bits per heavy atom. The van der Waals surface area contributed by atoms with Gasteiger partial charge in [0.2, 0.25) is 0 Å². The number of rotatable bonds is 2. The number of hydrogen-bond donors (Lipinski definition) is 0. The first-order valence-corrected chi connectivity index (χ1v) is 3.58. The first kappa shape index (κ1) is 7.66. The minimum atomic E-state index is -0.947. The molecular formula is C5H10FI. The molecule has 0 aromatic heterocycles. The highest BCUT2D eigenvalue weighted by molar-refractivity contribution is 14.1. The molecule has 0 aliphatic carbocycles. The van der Waals surface area contributed by atoms with Gasteiger partial charge in [0.05, 0.1) is 0 Å². The van der Waals surface area contributed by atoms with Crippen LogP contribution < -0.4 is 0 Å². The van der Waals surface area contributed by atoms with Gasteiger partial charge in [0.15, 0.2) is 3.68 Å². The highest BCUT2D eigenvalue weighted by Crippen LogP contribution is 2.27. The van der Waals surface area contributed by atoms with Gasteiger partial charge in [-0.2, -0.15) is 0 Å². The summed E-state index contributed by atoms with van der Waals surface area (Å²) < 4.78 is 11.6. The van der Waals surface area contributed by atoms with Gasteiger partial charge in [-0.25, -0.2) is 4.39 Å². The molecule has 0 amide bonds. The molecule has 2 heteroatoms. The van der Waals surface area contributed by atoms with Gasteiger partial charge in [0.1, 0.15) is 0 Å². The number of halogens is 2.